The second-order valence-corrected chi connectivity index (χ2v) is 18.8. The zero-order valence-electron chi connectivity index (χ0n) is 43.0. The van der Waals surface area contributed by atoms with E-state index in [4.69, 9.17) is 42.4 Å². The number of nitrogens with zero attached hydrogens (tertiary/aromatic N) is 6. The predicted molar refractivity (Wildman–Crippen MR) is 263 cm³/mol. The van der Waals surface area contributed by atoms with Gasteiger partial charge in [0.2, 0.25) is 17.8 Å². The minimum absolute atomic E-state index is 0. The molecule has 2 aliphatic heterocycles. The fraction of sp³-hybridized carbons (Fsp3) is 0.542. The van der Waals surface area contributed by atoms with Crippen LogP contribution >= 0.6 is 11.6 Å². The van der Waals surface area contributed by atoms with Gasteiger partial charge < -0.3 is 63.3 Å². The Kier molecular flexibility index (Phi) is 22.2. The zero-order chi connectivity index (χ0) is 53.0. The van der Waals surface area contributed by atoms with E-state index in [0.717, 1.165) is 77.5 Å². The standard InChI is InChI=1S/C24H31F3N6O3.C19H21ClF3N5O2.C5H11NO.Na.H/c1-33-10-8-15(9-11-33)30-21(34)14-6-7-18(20(12-14)35-2)31-23-29-13-16(24(25,26)27)22(32-23)36-19-5-3-4-17(19)28;1-28-7-5-12(6-8-28)25-17(29)11-3-4-14(15(9-11)30-2)26-18-24-10-13(16(20)27-18)19(21,22)23;6-4-2-1-3-5(4)7;;/h6-7,12-13,15,17,19H,3-5,8-11,28H2,1-2H3,(H,30,34)(H,29,31,32);3-4,9-10,12H,5-8H2,1-2H3,(H,25,29)(H,24,26,27);4-5,7H,1-3,6H2;;/q;;;+1;-1/t17-,19-;;4-,5-;;/m1.1../s1. The molecular formula is C48H64ClF6N12NaO6. The fourth-order valence-corrected chi connectivity index (χ4v) is 8.73. The molecule has 2 aromatic carbocycles. The van der Waals surface area contributed by atoms with Crippen molar-refractivity contribution >= 4 is 46.7 Å². The van der Waals surface area contributed by atoms with Gasteiger partial charge >= 0.3 is 41.9 Å². The van der Waals surface area contributed by atoms with Crippen LogP contribution in [0, 0.1) is 0 Å². The number of anilines is 4. The number of nitrogens with one attached hydrogen (secondary N) is 4. The molecular weight excluding hydrogens is 1010 g/mol. The molecule has 18 nitrogen and oxygen atoms in total. The Balaban J connectivity index is 0.000000283. The Bertz CT molecular complexity index is 2490. The Morgan fingerprint density at radius 1 is 0.689 bits per heavy atom. The van der Waals surface area contributed by atoms with E-state index < -0.39 is 40.6 Å². The molecule has 4 aromatic rings. The number of ether oxygens (including phenoxy) is 3. The molecule has 4 atom stereocenters. The minimum Gasteiger partial charge on any atom is -1.00 e. The number of alkyl halides is 6. The molecule has 74 heavy (non-hydrogen) atoms. The quantitative estimate of drug-likeness (QED) is 0.0602. The molecule has 4 aliphatic rings. The van der Waals surface area contributed by atoms with E-state index in [-0.39, 0.29) is 85.0 Å². The summed E-state index contributed by atoms with van der Waals surface area (Å²) in [5.41, 5.74) is 10.8. The van der Waals surface area contributed by atoms with Crippen molar-refractivity contribution in [3.63, 3.8) is 0 Å². The minimum atomic E-state index is -4.68. The third-order valence-corrected chi connectivity index (χ3v) is 13.2. The SMILES string of the molecule is COc1cc(C(=O)NC2CCN(C)CC2)ccc1Nc1ncc(C(F)(F)F)c(Cl)n1.COc1cc(C(=O)NC2CCN(C)CC2)ccc1Nc1ncc(C(F)(F)F)c(O[C@@H]2CCC[C@H]2N)n1.N[C@@H]1CCC[C@H]1O.[H-].[Na+]. The van der Waals surface area contributed by atoms with Gasteiger partial charge in [-0.1, -0.05) is 11.6 Å². The number of aromatic nitrogens is 4. The second kappa shape index (κ2) is 27.3. The smallest absolute Gasteiger partial charge is 1.00 e. The maximum absolute atomic E-state index is 13.5. The maximum Gasteiger partial charge on any atom is 1.00 e. The number of carbonyl (C=O) groups excluding carboxylic acids is 2. The molecule has 4 heterocycles. The first-order valence-corrected chi connectivity index (χ1v) is 24.3. The van der Waals surface area contributed by atoms with Crippen molar-refractivity contribution in [1.29, 1.82) is 0 Å². The number of aliphatic hydroxyl groups excluding tert-OH is 1. The second-order valence-electron chi connectivity index (χ2n) is 18.4. The van der Waals surface area contributed by atoms with Crippen LogP contribution in [-0.4, -0.2) is 138 Å². The maximum atomic E-state index is 13.5. The van der Waals surface area contributed by atoms with Crippen LogP contribution in [0.25, 0.3) is 0 Å². The van der Waals surface area contributed by atoms with Gasteiger partial charge in [0.05, 0.1) is 31.7 Å². The van der Waals surface area contributed by atoms with E-state index in [1.54, 1.807) is 30.3 Å². The molecule has 402 valence electrons. The van der Waals surface area contributed by atoms with Gasteiger partial charge in [-0.15, -0.1) is 0 Å². The van der Waals surface area contributed by atoms with Gasteiger partial charge in [-0.3, -0.25) is 9.59 Å². The number of nitrogens with two attached hydrogens (primary N) is 2. The number of methoxy groups -OCH3 is 2. The van der Waals surface area contributed by atoms with E-state index >= 15 is 0 Å². The van der Waals surface area contributed by atoms with Crippen LogP contribution in [0.2, 0.25) is 5.15 Å². The molecule has 2 saturated carbocycles. The monoisotopic (exact) mass is 1080 g/mol. The summed E-state index contributed by atoms with van der Waals surface area (Å²) in [5.74, 6) is -0.621. The van der Waals surface area contributed by atoms with Crippen molar-refractivity contribution in [2.45, 2.75) is 113 Å². The Hall–Kier alpha value is -4.79. The van der Waals surface area contributed by atoms with Crippen molar-refractivity contribution in [2.24, 2.45) is 11.5 Å². The number of likely N-dealkylation sites (tertiary alicyclic amines) is 2. The Morgan fingerprint density at radius 3 is 1.51 bits per heavy atom. The van der Waals surface area contributed by atoms with Crippen molar-refractivity contribution in [3.05, 3.63) is 76.2 Å². The van der Waals surface area contributed by atoms with E-state index in [1.807, 2.05) is 14.1 Å². The summed E-state index contributed by atoms with van der Waals surface area (Å²) in [6.07, 6.45) is -0.274. The molecule has 9 N–H and O–H groups in total. The van der Waals surface area contributed by atoms with Gasteiger partial charge in [-0.2, -0.15) is 31.3 Å². The first kappa shape index (κ1) is 60.1. The van der Waals surface area contributed by atoms with Gasteiger partial charge in [0.15, 0.2) is 0 Å². The molecule has 0 unspecified atom stereocenters. The Labute approximate surface area is 454 Å². The van der Waals surface area contributed by atoms with Crippen LogP contribution in [0.1, 0.15) is 97.5 Å². The number of amides is 2. The summed E-state index contributed by atoms with van der Waals surface area (Å²) in [4.78, 5) is 44.8. The average Bonchev–Trinajstić information content (AvgIpc) is 3.94. The summed E-state index contributed by atoms with van der Waals surface area (Å²) in [7, 11) is 6.94. The van der Waals surface area contributed by atoms with Gasteiger partial charge in [-0.25, -0.2) is 15.0 Å². The molecule has 0 spiro atoms. The number of carbonyl (C=O) groups is 2. The molecule has 2 aliphatic carbocycles. The van der Waals surface area contributed by atoms with E-state index in [1.165, 1.54) is 20.3 Å². The number of hydrogen-bond donors (Lipinski definition) is 7. The number of halogens is 7. The molecule has 8 rings (SSSR count). The van der Waals surface area contributed by atoms with E-state index in [0.29, 0.717) is 59.2 Å². The molecule has 26 heteroatoms. The average molecular weight is 1080 g/mol. The summed E-state index contributed by atoms with van der Waals surface area (Å²) in [5, 5.41) is 19.8. The van der Waals surface area contributed by atoms with Crippen molar-refractivity contribution in [2.75, 3.05) is 65.1 Å². The number of rotatable bonds is 12. The first-order valence-electron chi connectivity index (χ1n) is 23.9. The van der Waals surface area contributed by atoms with E-state index in [9.17, 15) is 35.9 Å². The summed E-state index contributed by atoms with van der Waals surface area (Å²) in [6.45, 7) is 3.69. The summed E-state index contributed by atoms with van der Waals surface area (Å²) < 4.78 is 95.3. The van der Waals surface area contributed by atoms with Crippen LogP contribution in [-0.2, 0) is 12.4 Å². The molecule has 2 saturated heterocycles. The molecule has 4 fully saturated rings. The number of piperidine rings is 2. The number of benzene rings is 2. The third kappa shape index (κ3) is 17.1. The molecule has 0 radical (unpaired) electrons. The van der Waals surface area contributed by atoms with Gasteiger partial charge in [-0.05, 0) is 141 Å². The Morgan fingerprint density at radius 2 is 1.14 bits per heavy atom. The zero-order valence-corrected chi connectivity index (χ0v) is 44.7. The summed E-state index contributed by atoms with van der Waals surface area (Å²) >= 11 is 5.62. The molecule has 2 amide bonds. The largest absolute Gasteiger partial charge is 1.00 e. The van der Waals surface area contributed by atoms with Crippen LogP contribution in [0.15, 0.2) is 48.8 Å². The van der Waals surface area contributed by atoms with Crippen molar-refractivity contribution in [3.8, 4) is 17.4 Å². The van der Waals surface area contributed by atoms with Gasteiger partial charge in [0.25, 0.3) is 11.8 Å². The molecule has 2 aromatic heterocycles. The topological polar surface area (TPSA) is 240 Å². The van der Waals surface area contributed by atoms with Crippen molar-refractivity contribution < 1.29 is 86.2 Å². The predicted octanol–water partition coefficient (Wildman–Crippen LogP) is 4.03. The van der Waals surface area contributed by atoms with Crippen LogP contribution in [0.5, 0.6) is 17.4 Å². The van der Waals surface area contributed by atoms with Crippen molar-refractivity contribution in [1.82, 2.24) is 40.4 Å². The first-order chi connectivity index (χ1) is 34.6. The molecule has 0 bridgehead atoms. The van der Waals surface area contributed by atoms with E-state index in [2.05, 4.69) is 51.0 Å². The normalized spacial score (nSPS) is 20.7. The van der Waals surface area contributed by atoms with Gasteiger partial charge in [0.1, 0.15) is 33.9 Å². The van der Waals surface area contributed by atoms with Crippen LogP contribution < -0.4 is 76.5 Å². The number of hydrogen-bond acceptors (Lipinski definition) is 16. The van der Waals surface area contributed by atoms with Gasteiger partial charge in [0, 0.05) is 47.7 Å². The van der Waals surface area contributed by atoms with Crippen LogP contribution in [0.4, 0.5) is 49.6 Å². The third-order valence-electron chi connectivity index (χ3n) is 12.9. The van der Waals surface area contributed by atoms with Crippen LogP contribution in [0.3, 0.4) is 0 Å². The number of aliphatic hydroxyl groups is 1. The fourth-order valence-electron chi connectivity index (χ4n) is 8.49. The summed E-state index contributed by atoms with van der Waals surface area (Å²) in [6, 6.07) is 9.38.